The van der Waals surface area contributed by atoms with Crippen molar-refractivity contribution in [2.24, 2.45) is 22.2 Å². The summed E-state index contributed by atoms with van der Waals surface area (Å²) in [6, 6.07) is 9.13. The van der Waals surface area contributed by atoms with Gasteiger partial charge in [-0.1, -0.05) is 72.1 Å². The molecule has 0 atom stereocenters. The highest BCUT2D eigenvalue weighted by Gasteiger charge is 2.65. The van der Waals surface area contributed by atoms with Crippen LogP contribution >= 0.6 is 11.6 Å². The number of rotatable bonds is 14. The Morgan fingerprint density at radius 1 is 1.04 bits per heavy atom. The van der Waals surface area contributed by atoms with Crippen LogP contribution in [0.15, 0.2) is 42.1 Å². The Bertz CT molecular complexity index is 1630. The minimum Gasteiger partial charge on any atom is -0.489 e. The molecule has 2 aromatic rings. The lowest BCUT2D eigenvalue weighted by Gasteiger charge is -2.64. The van der Waals surface area contributed by atoms with E-state index in [4.69, 9.17) is 25.8 Å². The highest BCUT2D eigenvalue weighted by molar-refractivity contribution is 6.31. The van der Waals surface area contributed by atoms with Crippen LogP contribution in [-0.4, -0.2) is 42.7 Å². The predicted octanol–water partition coefficient (Wildman–Crippen LogP) is 9.09. The van der Waals surface area contributed by atoms with Crippen LogP contribution in [0, 0.1) is 45.3 Å². The number of esters is 1. The van der Waals surface area contributed by atoms with Crippen LogP contribution in [-0.2, 0) is 20.7 Å². The SMILES string of the molecule is CC(C)(C)CCCOC(=O)CCCOCCCCC#Cc1cc2c(cn1)C(=O)C(C1C(C)(C)C(Oc3ccc(C#N)c(Cl)c3)C1(C)C)=CC2. The topological polar surface area (TPSA) is 98.5 Å². The molecule has 1 aromatic heterocycles. The van der Waals surface area contributed by atoms with E-state index in [0.717, 1.165) is 43.2 Å². The number of ketones is 1. The molecular weight excluding hydrogens is 636 g/mol. The zero-order valence-electron chi connectivity index (χ0n) is 30.2. The number of nitrogens with zero attached hydrogens (tertiary/aromatic N) is 2. The number of hydrogen-bond donors (Lipinski definition) is 0. The van der Waals surface area contributed by atoms with Gasteiger partial charge in [0.15, 0.2) is 5.78 Å². The van der Waals surface area contributed by atoms with Crippen molar-refractivity contribution in [1.82, 2.24) is 4.98 Å². The van der Waals surface area contributed by atoms with Crippen molar-refractivity contribution >= 4 is 23.4 Å². The van der Waals surface area contributed by atoms with Gasteiger partial charge in [-0.15, -0.1) is 0 Å². The lowest BCUT2D eigenvalue weighted by Crippen LogP contribution is -2.67. The molecule has 2 aliphatic rings. The number of unbranched alkanes of at least 4 members (excludes halogenated alkanes) is 2. The maximum Gasteiger partial charge on any atom is 0.305 e. The lowest BCUT2D eigenvalue weighted by atomic mass is 9.43. The molecule has 1 aromatic carbocycles. The second kappa shape index (κ2) is 16.4. The van der Waals surface area contributed by atoms with E-state index in [9.17, 15) is 14.9 Å². The number of nitriles is 1. The summed E-state index contributed by atoms with van der Waals surface area (Å²) in [6.45, 7) is 16.8. The first-order chi connectivity index (χ1) is 23.1. The number of hydrogen-bond acceptors (Lipinski definition) is 7. The van der Waals surface area contributed by atoms with E-state index < -0.39 is 0 Å². The molecule has 0 saturated heterocycles. The molecule has 1 fully saturated rings. The summed E-state index contributed by atoms with van der Waals surface area (Å²) in [4.78, 5) is 30.2. The smallest absolute Gasteiger partial charge is 0.305 e. The number of fused-ring (bicyclic) bond motifs is 1. The minimum atomic E-state index is -0.313. The van der Waals surface area contributed by atoms with E-state index in [2.05, 4.69) is 77.4 Å². The summed E-state index contributed by atoms with van der Waals surface area (Å²) in [5.41, 5.74) is 3.12. The molecule has 0 N–H and O–H groups in total. The molecule has 262 valence electrons. The zero-order valence-corrected chi connectivity index (χ0v) is 31.0. The average Bonchev–Trinajstić information content (AvgIpc) is 3.03. The summed E-state index contributed by atoms with van der Waals surface area (Å²) in [7, 11) is 0. The number of carbonyl (C=O) groups is 2. The summed E-state index contributed by atoms with van der Waals surface area (Å²) in [5.74, 6) is 6.84. The first-order valence-electron chi connectivity index (χ1n) is 17.5. The summed E-state index contributed by atoms with van der Waals surface area (Å²) < 4.78 is 17.4. The van der Waals surface area contributed by atoms with Crippen molar-refractivity contribution in [1.29, 1.82) is 5.26 Å². The number of allylic oxidation sites excluding steroid dienone is 2. The molecule has 1 saturated carbocycles. The zero-order chi connectivity index (χ0) is 35.8. The quantitative estimate of drug-likeness (QED) is 0.111. The number of halogens is 1. The van der Waals surface area contributed by atoms with E-state index in [-0.39, 0.29) is 40.0 Å². The van der Waals surface area contributed by atoms with Gasteiger partial charge >= 0.3 is 5.97 Å². The molecule has 0 amide bonds. The molecule has 7 nitrogen and oxygen atoms in total. The van der Waals surface area contributed by atoms with Crippen LogP contribution in [0.4, 0.5) is 0 Å². The van der Waals surface area contributed by atoms with Gasteiger partial charge in [-0.05, 0) is 73.6 Å². The van der Waals surface area contributed by atoms with Crippen molar-refractivity contribution in [3.05, 3.63) is 69.5 Å². The van der Waals surface area contributed by atoms with Crippen LogP contribution in [0.25, 0.3) is 0 Å². The Kier molecular flexibility index (Phi) is 12.7. The van der Waals surface area contributed by atoms with Gasteiger partial charge in [0.2, 0.25) is 0 Å². The van der Waals surface area contributed by atoms with Crippen molar-refractivity contribution in [3.63, 3.8) is 0 Å². The Balaban J connectivity index is 1.20. The van der Waals surface area contributed by atoms with E-state index >= 15 is 0 Å². The molecule has 0 spiro atoms. The van der Waals surface area contributed by atoms with Crippen LogP contribution in [0.1, 0.15) is 121 Å². The lowest BCUT2D eigenvalue weighted by molar-refractivity contribution is -0.180. The van der Waals surface area contributed by atoms with Gasteiger partial charge in [0, 0.05) is 66.2 Å². The standard InChI is InChI=1S/C41H51ClN2O5/c1-39(2,3)20-13-23-48-35(45)15-12-22-47-21-11-9-8-10-14-30-24-28-17-19-32(36(46)33(28)27-44-30)37-40(4,5)38(41(37,6)7)49-31-18-16-29(26-43)34(42)25-31/h16,18-19,24-25,27,37-38H,8-9,11-13,15,17,20-23H2,1-7H3. The van der Waals surface area contributed by atoms with Crippen LogP contribution < -0.4 is 4.74 Å². The number of pyridine rings is 1. The third-order valence-electron chi connectivity index (χ3n) is 9.56. The Hall–Kier alpha value is -3.65. The van der Waals surface area contributed by atoms with Crippen LogP contribution in [0.2, 0.25) is 5.02 Å². The number of Topliss-reactive ketones (excluding diaryl/α,β-unsaturated/α-hetero) is 1. The van der Waals surface area contributed by atoms with Gasteiger partial charge in [-0.3, -0.25) is 9.59 Å². The number of ether oxygens (including phenoxy) is 3. The first kappa shape index (κ1) is 38.2. The van der Waals surface area contributed by atoms with Crippen molar-refractivity contribution in [3.8, 4) is 23.7 Å². The third-order valence-corrected chi connectivity index (χ3v) is 9.88. The molecule has 0 bridgehead atoms. The van der Waals surface area contributed by atoms with Gasteiger partial charge in [0.25, 0.3) is 0 Å². The van der Waals surface area contributed by atoms with Crippen LogP contribution in [0.3, 0.4) is 0 Å². The summed E-state index contributed by atoms with van der Waals surface area (Å²) in [5, 5.41) is 9.56. The second-order valence-electron chi connectivity index (χ2n) is 15.6. The predicted molar refractivity (Wildman–Crippen MR) is 192 cm³/mol. The number of carbonyl (C=O) groups excluding carboxylic acids is 2. The van der Waals surface area contributed by atoms with Gasteiger partial charge in [0.05, 0.1) is 17.2 Å². The molecule has 2 aliphatic carbocycles. The van der Waals surface area contributed by atoms with Crippen LogP contribution in [0.5, 0.6) is 5.75 Å². The summed E-state index contributed by atoms with van der Waals surface area (Å²) >= 11 is 6.25. The number of benzene rings is 1. The fraction of sp³-hybridized carbons (Fsp3) is 0.561. The third kappa shape index (κ3) is 9.74. The molecule has 49 heavy (non-hydrogen) atoms. The van der Waals surface area contributed by atoms with E-state index in [1.165, 1.54) is 0 Å². The maximum atomic E-state index is 13.8. The van der Waals surface area contributed by atoms with E-state index in [0.29, 0.717) is 66.7 Å². The van der Waals surface area contributed by atoms with Crippen molar-refractivity contribution in [2.75, 3.05) is 19.8 Å². The largest absolute Gasteiger partial charge is 0.489 e. The fourth-order valence-corrected chi connectivity index (χ4v) is 7.75. The molecule has 0 aliphatic heterocycles. The number of aromatic nitrogens is 1. The molecule has 4 rings (SSSR count). The first-order valence-corrected chi connectivity index (χ1v) is 17.8. The fourth-order valence-electron chi connectivity index (χ4n) is 7.53. The maximum absolute atomic E-state index is 13.8. The van der Waals surface area contributed by atoms with E-state index in [1.54, 1.807) is 24.4 Å². The molecule has 0 radical (unpaired) electrons. The average molecular weight is 687 g/mol. The van der Waals surface area contributed by atoms with Gasteiger partial charge < -0.3 is 14.2 Å². The Morgan fingerprint density at radius 3 is 2.47 bits per heavy atom. The normalized spacial score (nSPS) is 19.0. The Morgan fingerprint density at radius 2 is 1.78 bits per heavy atom. The second-order valence-corrected chi connectivity index (χ2v) is 16.0. The molecule has 0 unspecified atom stereocenters. The highest BCUT2D eigenvalue weighted by atomic mass is 35.5. The van der Waals surface area contributed by atoms with Gasteiger partial charge in [-0.25, -0.2) is 4.98 Å². The van der Waals surface area contributed by atoms with E-state index in [1.807, 2.05) is 6.07 Å². The minimum absolute atomic E-state index is 0.00668. The van der Waals surface area contributed by atoms with Crippen molar-refractivity contribution < 1.29 is 23.8 Å². The summed E-state index contributed by atoms with van der Waals surface area (Å²) in [6.07, 6.45) is 9.77. The van der Waals surface area contributed by atoms with Gasteiger partial charge in [0.1, 0.15) is 23.6 Å². The molecule has 1 heterocycles. The van der Waals surface area contributed by atoms with Crippen molar-refractivity contribution in [2.45, 2.75) is 106 Å². The Labute approximate surface area is 297 Å². The molecular formula is C41H51ClN2O5. The molecule has 8 heteroatoms. The highest BCUT2D eigenvalue weighted by Crippen LogP contribution is 2.63. The monoisotopic (exact) mass is 686 g/mol. The van der Waals surface area contributed by atoms with Gasteiger partial charge in [-0.2, -0.15) is 5.26 Å².